The fraction of sp³-hybridized carbons (Fsp3) is 0.625. The monoisotopic (exact) mass is 218 g/mol. The molecule has 0 saturated heterocycles. The van der Waals surface area contributed by atoms with Gasteiger partial charge in [0.25, 0.3) is 0 Å². The molecule has 0 N–H and O–H groups in total. The molecule has 1 atom stereocenters. The smallest absolute Gasteiger partial charge is 0.384 e. The molecule has 0 aliphatic carbocycles. The van der Waals surface area contributed by atoms with Crippen LogP contribution in [0.1, 0.15) is 20.8 Å². The Hall–Kier alpha value is -0.490. The molecule has 0 heterocycles. The summed E-state index contributed by atoms with van der Waals surface area (Å²) in [4.78, 5) is 10.7. The first kappa shape index (κ1) is 10.5. The van der Waals surface area contributed by atoms with E-state index in [1.807, 2.05) is 12.8 Å². The molecule has 62 valence electrons. The summed E-state index contributed by atoms with van der Waals surface area (Å²) in [6, 6.07) is 0. The summed E-state index contributed by atoms with van der Waals surface area (Å²) in [7, 11) is 0. The SMILES string of the molecule is C#CC(=O)OC(C)(C)C(C)Br. The minimum atomic E-state index is -0.624. The van der Waals surface area contributed by atoms with Gasteiger partial charge in [0.05, 0.1) is 4.83 Å². The second-order valence-corrected chi connectivity index (χ2v) is 4.13. The van der Waals surface area contributed by atoms with Crippen molar-refractivity contribution >= 4 is 21.9 Å². The molecule has 0 spiro atoms. The fourth-order valence-corrected chi connectivity index (χ4v) is 0.443. The van der Waals surface area contributed by atoms with Crippen LogP contribution in [0, 0.1) is 12.3 Å². The lowest BCUT2D eigenvalue weighted by atomic mass is 10.1. The van der Waals surface area contributed by atoms with E-state index in [1.165, 1.54) is 0 Å². The summed E-state index contributed by atoms with van der Waals surface area (Å²) in [5.41, 5.74) is -0.552. The first-order chi connectivity index (χ1) is 4.90. The lowest BCUT2D eigenvalue weighted by Crippen LogP contribution is -2.35. The summed E-state index contributed by atoms with van der Waals surface area (Å²) in [5, 5.41) is 0. The highest BCUT2D eigenvalue weighted by molar-refractivity contribution is 9.09. The lowest BCUT2D eigenvalue weighted by molar-refractivity contribution is -0.148. The molecule has 0 fully saturated rings. The summed E-state index contributed by atoms with van der Waals surface area (Å²) in [5.74, 6) is 1.27. The number of ether oxygens (including phenoxy) is 1. The van der Waals surface area contributed by atoms with Gasteiger partial charge in [-0.2, -0.15) is 0 Å². The maximum absolute atomic E-state index is 10.7. The van der Waals surface area contributed by atoms with Crippen LogP contribution in [0.5, 0.6) is 0 Å². The number of esters is 1. The predicted octanol–water partition coefficient (Wildman–Crippen LogP) is 1.72. The van der Waals surface area contributed by atoms with Gasteiger partial charge in [0.15, 0.2) is 0 Å². The van der Waals surface area contributed by atoms with Gasteiger partial charge in [-0.3, -0.25) is 0 Å². The van der Waals surface area contributed by atoms with Crippen LogP contribution in [-0.2, 0) is 9.53 Å². The van der Waals surface area contributed by atoms with Crippen molar-refractivity contribution in [3.8, 4) is 12.3 Å². The number of hydrogen-bond donors (Lipinski definition) is 0. The van der Waals surface area contributed by atoms with E-state index in [9.17, 15) is 4.79 Å². The Morgan fingerprint density at radius 3 is 2.45 bits per heavy atom. The zero-order valence-corrected chi connectivity index (χ0v) is 8.44. The standard InChI is InChI=1S/C8H11BrO2/c1-5-7(10)11-8(3,4)6(2)9/h1,6H,2-4H3. The van der Waals surface area contributed by atoms with Crippen LogP contribution in [-0.4, -0.2) is 16.4 Å². The predicted molar refractivity (Wildman–Crippen MR) is 47.4 cm³/mol. The molecule has 2 nitrogen and oxygen atoms in total. The normalized spacial score (nSPS) is 13.4. The van der Waals surface area contributed by atoms with Gasteiger partial charge in [0, 0.05) is 5.92 Å². The quantitative estimate of drug-likeness (QED) is 0.306. The summed E-state index contributed by atoms with van der Waals surface area (Å²) >= 11 is 3.31. The topological polar surface area (TPSA) is 26.3 Å². The van der Waals surface area contributed by atoms with Crippen LogP contribution in [0.2, 0.25) is 0 Å². The van der Waals surface area contributed by atoms with Gasteiger partial charge in [-0.05, 0) is 20.8 Å². The summed E-state index contributed by atoms with van der Waals surface area (Å²) in [6.07, 6.45) is 4.84. The Morgan fingerprint density at radius 1 is 1.73 bits per heavy atom. The Labute approximate surface area is 75.4 Å². The zero-order valence-electron chi connectivity index (χ0n) is 6.85. The third-order valence-corrected chi connectivity index (χ3v) is 2.53. The summed E-state index contributed by atoms with van der Waals surface area (Å²) < 4.78 is 4.93. The molecule has 1 unspecified atom stereocenters. The zero-order chi connectivity index (χ0) is 9.07. The van der Waals surface area contributed by atoms with Crippen LogP contribution in [0.15, 0.2) is 0 Å². The van der Waals surface area contributed by atoms with E-state index < -0.39 is 11.6 Å². The number of rotatable bonds is 2. The summed E-state index contributed by atoms with van der Waals surface area (Å²) in [6.45, 7) is 5.48. The highest BCUT2D eigenvalue weighted by Gasteiger charge is 2.27. The van der Waals surface area contributed by atoms with Crippen molar-refractivity contribution in [1.29, 1.82) is 0 Å². The number of halogens is 1. The number of alkyl halides is 1. The number of carbonyl (C=O) groups excluding carboxylic acids is 1. The average Bonchev–Trinajstić information content (AvgIpc) is 1.86. The van der Waals surface area contributed by atoms with E-state index in [1.54, 1.807) is 13.8 Å². The average molecular weight is 219 g/mol. The molecular weight excluding hydrogens is 208 g/mol. The molecule has 11 heavy (non-hydrogen) atoms. The second kappa shape index (κ2) is 3.77. The molecule has 0 aromatic heterocycles. The molecule has 0 rings (SSSR count). The van der Waals surface area contributed by atoms with Crippen LogP contribution >= 0.6 is 15.9 Å². The molecule has 0 aliphatic heterocycles. The van der Waals surface area contributed by atoms with Crippen molar-refractivity contribution in [2.45, 2.75) is 31.2 Å². The molecule has 0 bridgehead atoms. The van der Waals surface area contributed by atoms with E-state index in [4.69, 9.17) is 11.2 Å². The van der Waals surface area contributed by atoms with Crippen LogP contribution < -0.4 is 0 Å². The van der Waals surface area contributed by atoms with Gasteiger partial charge in [-0.25, -0.2) is 4.79 Å². The Balaban J connectivity index is 4.15. The molecule has 0 aromatic rings. The molecule has 0 radical (unpaired) electrons. The van der Waals surface area contributed by atoms with Crippen molar-refractivity contribution in [1.82, 2.24) is 0 Å². The highest BCUT2D eigenvalue weighted by Crippen LogP contribution is 2.21. The molecule has 0 amide bonds. The number of hydrogen-bond acceptors (Lipinski definition) is 2. The second-order valence-electron chi connectivity index (χ2n) is 2.75. The maximum atomic E-state index is 10.7. The van der Waals surface area contributed by atoms with E-state index in [2.05, 4.69) is 15.9 Å². The van der Waals surface area contributed by atoms with Crippen LogP contribution in [0.4, 0.5) is 0 Å². The third-order valence-electron chi connectivity index (χ3n) is 1.43. The van der Waals surface area contributed by atoms with Gasteiger partial charge in [-0.1, -0.05) is 15.9 Å². The minimum absolute atomic E-state index is 0.0762. The Morgan fingerprint density at radius 2 is 2.18 bits per heavy atom. The van der Waals surface area contributed by atoms with Crippen LogP contribution in [0.25, 0.3) is 0 Å². The molecule has 0 saturated carbocycles. The van der Waals surface area contributed by atoms with E-state index in [-0.39, 0.29) is 4.83 Å². The molecular formula is C8H11BrO2. The largest absolute Gasteiger partial charge is 0.449 e. The molecule has 0 aromatic carbocycles. The van der Waals surface area contributed by atoms with Crippen molar-refractivity contribution in [3.63, 3.8) is 0 Å². The van der Waals surface area contributed by atoms with Gasteiger partial charge >= 0.3 is 5.97 Å². The van der Waals surface area contributed by atoms with E-state index in [0.717, 1.165) is 0 Å². The van der Waals surface area contributed by atoms with Crippen molar-refractivity contribution in [3.05, 3.63) is 0 Å². The fourth-order valence-electron chi connectivity index (χ4n) is 0.350. The first-order valence-corrected chi connectivity index (χ1v) is 4.15. The van der Waals surface area contributed by atoms with Gasteiger partial charge in [-0.15, -0.1) is 6.42 Å². The van der Waals surface area contributed by atoms with E-state index >= 15 is 0 Å². The Bertz CT molecular complexity index is 189. The number of terminal acetylenes is 1. The van der Waals surface area contributed by atoms with Gasteiger partial charge in [0.1, 0.15) is 5.60 Å². The molecule has 0 aliphatic rings. The highest BCUT2D eigenvalue weighted by atomic mass is 79.9. The maximum Gasteiger partial charge on any atom is 0.384 e. The third kappa shape index (κ3) is 3.43. The minimum Gasteiger partial charge on any atom is -0.449 e. The Kier molecular flexibility index (Phi) is 3.61. The van der Waals surface area contributed by atoms with E-state index in [0.29, 0.717) is 0 Å². The van der Waals surface area contributed by atoms with Crippen molar-refractivity contribution in [2.75, 3.05) is 0 Å². The molecule has 3 heteroatoms. The number of carbonyl (C=O) groups is 1. The van der Waals surface area contributed by atoms with Gasteiger partial charge in [0.2, 0.25) is 0 Å². The van der Waals surface area contributed by atoms with Crippen LogP contribution in [0.3, 0.4) is 0 Å². The first-order valence-electron chi connectivity index (χ1n) is 3.24. The lowest BCUT2D eigenvalue weighted by Gasteiger charge is -2.26. The van der Waals surface area contributed by atoms with Crippen molar-refractivity contribution in [2.24, 2.45) is 0 Å². The van der Waals surface area contributed by atoms with Crippen molar-refractivity contribution < 1.29 is 9.53 Å². The van der Waals surface area contributed by atoms with Gasteiger partial charge < -0.3 is 4.74 Å².